The minimum absolute atomic E-state index is 0.0264. The Morgan fingerprint density at radius 1 is 1.05 bits per heavy atom. The first kappa shape index (κ1) is 26.2. The second-order valence-corrected chi connectivity index (χ2v) is 9.28. The standard InChI is InChI=1S/C27H30N4O5S/c1-34-22-13-19(14-23(35-2)26(22)36-3)9-10-24(32)29-27-20-16-37-17-21(20)30-31(27)15-25(33)28-12-11-18-7-5-4-6-8-18/h4-10,13-14H,11-12,15-17H2,1-3H3,(H,28,33)(H,29,32)/b10-9-. The number of carbonyl (C=O) groups is 2. The molecule has 0 bridgehead atoms. The van der Waals surface area contributed by atoms with Gasteiger partial charge in [-0.2, -0.15) is 16.9 Å². The van der Waals surface area contributed by atoms with Crippen LogP contribution < -0.4 is 24.8 Å². The van der Waals surface area contributed by atoms with Gasteiger partial charge in [0.05, 0.1) is 27.0 Å². The molecule has 0 radical (unpaired) electrons. The van der Waals surface area contributed by atoms with Crippen molar-refractivity contribution in [1.29, 1.82) is 0 Å². The van der Waals surface area contributed by atoms with E-state index in [1.807, 2.05) is 30.3 Å². The van der Waals surface area contributed by atoms with Gasteiger partial charge in [0.25, 0.3) is 0 Å². The molecule has 9 nitrogen and oxygen atoms in total. The number of anilines is 1. The number of thioether (sulfide) groups is 1. The van der Waals surface area contributed by atoms with Gasteiger partial charge < -0.3 is 24.8 Å². The first-order valence-corrected chi connectivity index (χ1v) is 12.9. The van der Waals surface area contributed by atoms with Crippen molar-refractivity contribution in [3.05, 3.63) is 70.9 Å². The van der Waals surface area contributed by atoms with Gasteiger partial charge in [0.2, 0.25) is 17.6 Å². The van der Waals surface area contributed by atoms with E-state index in [0.717, 1.165) is 34.7 Å². The maximum absolute atomic E-state index is 12.8. The van der Waals surface area contributed by atoms with Crippen LogP contribution in [-0.4, -0.2) is 49.5 Å². The number of carbonyl (C=O) groups excluding carboxylic acids is 2. The van der Waals surface area contributed by atoms with Crippen LogP contribution in [0, 0.1) is 0 Å². The lowest BCUT2D eigenvalue weighted by molar-refractivity contribution is -0.121. The van der Waals surface area contributed by atoms with E-state index in [1.165, 1.54) is 27.4 Å². The van der Waals surface area contributed by atoms with Crippen molar-refractivity contribution in [2.75, 3.05) is 33.2 Å². The van der Waals surface area contributed by atoms with Crippen LogP contribution in [0.4, 0.5) is 5.82 Å². The summed E-state index contributed by atoms with van der Waals surface area (Å²) in [6.45, 7) is 0.553. The summed E-state index contributed by atoms with van der Waals surface area (Å²) in [5.41, 5.74) is 3.71. The van der Waals surface area contributed by atoms with Crippen LogP contribution >= 0.6 is 11.8 Å². The lowest BCUT2D eigenvalue weighted by atomic mass is 10.1. The molecule has 194 valence electrons. The van der Waals surface area contributed by atoms with E-state index in [2.05, 4.69) is 15.7 Å². The zero-order chi connectivity index (χ0) is 26.2. The van der Waals surface area contributed by atoms with Gasteiger partial charge in [-0.05, 0) is 35.8 Å². The summed E-state index contributed by atoms with van der Waals surface area (Å²) in [5, 5.41) is 10.4. The third-order valence-corrected chi connectivity index (χ3v) is 6.82. The van der Waals surface area contributed by atoms with Crippen molar-refractivity contribution in [3.8, 4) is 17.2 Å². The van der Waals surface area contributed by atoms with E-state index in [4.69, 9.17) is 14.2 Å². The molecule has 4 rings (SSSR count). The summed E-state index contributed by atoms with van der Waals surface area (Å²) < 4.78 is 17.7. The number of rotatable bonds is 11. The molecule has 2 heterocycles. The number of hydrogen-bond donors (Lipinski definition) is 2. The first-order valence-electron chi connectivity index (χ1n) is 11.8. The first-order chi connectivity index (χ1) is 18.0. The second kappa shape index (κ2) is 12.4. The Bertz CT molecular complexity index is 1260. The Morgan fingerprint density at radius 3 is 2.46 bits per heavy atom. The molecule has 0 aliphatic carbocycles. The average Bonchev–Trinajstić information content (AvgIpc) is 3.49. The predicted octanol–water partition coefficient (Wildman–Crippen LogP) is 3.67. The molecule has 2 N–H and O–H groups in total. The number of hydrogen-bond acceptors (Lipinski definition) is 7. The zero-order valence-corrected chi connectivity index (χ0v) is 21.9. The van der Waals surface area contributed by atoms with Crippen molar-refractivity contribution in [2.24, 2.45) is 0 Å². The Kier molecular flexibility index (Phi) is 8.73. The molecule has 0 unspecified atom stereocenters. The molecule has 2 aromatic carbocycles. The van der Waals surface area contributed by atoms with Gasteiger partial charge in [0.15, 0.2) is 11.5 Å². The number of nitrogens with one attached hydrogen (secondary N) is 2. The molecule has 2 amide bonds. The molecule has 1 aliphatic heterocycles. The predicted molar refractivity (Wildman–Crippen MR) is 144 cm³/mol. The van der Waals surface area contributed by atoms with Crippen molar-refractivity contribution in [1.82, 2.24) is 15.1 Å². The molecule has 10 heteroatoms. The second-order valence-electron chi connectivity index (χ2n) is 8.29. The van der Waals surface area contributed by atoms with Gasteiger partial charge in [-0.1, -0.05) is 30.3 Å². The number of aromatic nitrogens is 2. The Labute approximate surface area is 220 Å². The van der Waals surface area contributed by atoms with Gasteiger partial charge >= 0.3 is 0 Å². The summed E-state index contributed by atoms with van der Waals surface area (Å²) in [7, 11) is 4.61. The van der Waals surface area contributed by atoms with E-state index >= 15 is 0 Å². The highest BCUT2D eigenvalue weighted by atomic mass is 32.2. The SMILES string of the molecule is COc1cc(/C=C\C(=O)Nc2c3c(nn2CC(=O)NCCc2ccccc2)CSC3)cc(OC)c1OC. The van der Waals surface area contributed by atoms with Gasteiger partial charge in [0, 0.05) is 29.7 Å². The number of benzene rings is 2. The topological polar surface area (TPSA) is 104 Å². The monoisotopic (exact) mass is 522 g/mol. The molecule has 3 aromatic rings. The zero-order valence-electron chi connectivity index (χ0n) is 21.1. The fourth-order valence-electron chi connectivity index (χ4n) is 4.03. The quantitative estimate of drug-likeness (QED) is 0.371. The molecule has 0 atom stereocenters. The largest absolute Gasteiger partial charge is 0.493 e. The van der Waals surface area contributed by atoms with Gasteiger partial charge in [-0.15, -0.1) is 0 Å². The third-order valence-electron chi connectivity index (χ3n) is 5.85. The van der Waals surface area contributed by atoms with Crippen LogP contribution in [0.1, 0.15) is 22.4 Å². The van der Waals surface area contributed by atoms with E-state index in [9.17, 15) is 9.59 Å². The summed E-state index contributed by atoms with van der Waals surface area (Å²) in [5.74, 6) is 3.01. The number of methoxy groups -OCH3 is 3. The smallest absolute Gasteiger partial charge is 0.249 e. The van der Waals surface area contributed by atoms with Crippen LogP contribution in [0.5, 0.6) is 17.2 Å². The molecule has 0 fully saturated rings. The summed E-state index contributed by atoms with van der Waals surface area (Å²) in [6.07, 6.45) is 3.83. The highest BCUT2D eigenvalue weighted by Crippen LogP contribution is 2.38. The highest BCUT2D eigenvalue weighted by Gasteiger charge is 2.24. The summed E-state index contributed by atoms with van der Waals surface area (Å²) >= 11 is 1.73. The van der Waals surface area contributed by atoms with Gasteiger partial charge in [-0.25, -0.2) is 4.68 Å². The van der Waals surface area contributed by atoms with Crippen LogP contribution in [0.15, 0.2) is 48.5 Å². The third kappa shape index (κ3) is 6.45. The molecule has 37 heavy (non-hydrogen) atoms. The van der Waals surface area contributed by atoms with Crippen LogP contribution in [-0.2, 0) is 34.1 Å². The van der Waals surface area contributed by atoms with Crippen LogP contribution in [0.2, 0.25) is 0 Å². The fraction of sp³-hybridized carbons (Fsp3) is 0.296. The Balaban J connectivity index is 1.43. The number of fused-ring (bicyclic) bond motifs is 1. The van der Waals surface area contributed by atoms with Crippen molar-refractivity contribution < 1.29 is 23.8 Å². The fourth-order valence-corrected chi connectivity index (χ4v) is 5.07. The minimum atomic E-state index is -0.334. The van der Waals surface area contributed by atoms with Gasteiger partial charge in [-0.3, -0.25) is 9.59 Å². The maximum Gasteiger partial charge on any atom is 0.249 e. The number of amides is 2. The molecular formula is C27H30N4O5S. The van der Waals surface area contributed by atoms with Crippen molar-refractivity contribution in [2.45, 2.75) is 24.5 Å². The van der Waals surface area contributed by atoms with Crippen molar-refractivity contribution >= 4 is 35.5 Å². The summed E-state index contributed by atoms with van der Waals surface area (Å²) in [6, 6.07) is 13.5. The molecular weight excluding hydrogens is 492 g/mol. The van der Waals surface area contributed by atoms with Crippen LogP contribution in [0.25, 0.3) is 6.08 Å². The average molecular weight is 523 g/mol. The van der Waals surface area contributed by atoms with Crippen LogP contribution in [0.3, 0.4) is 0 Å². The maximum atomic E-state index is 12.8. The molecule has 0 saturated heterocycles. The lowest BCUT2D eigenvalue weighted by Crippen LogP contribution is -2.30. The Morgan fingerprint density at radius 2 is 1.78 bits per heavy atom. The molecule has 1 aromatic heterocycles. The highest BCUT2D eigenvalue weighted by molar-refractivity contribution is 7.98. The summed E-state index contributed by atoms with van der Waals surface area (Å²) in [4.78, 5) is 25.5. The minimum Gasteiger partial charge on any atom is -0.493 e. The van der Waals surface area contributed by atoms with E-state index < -0.39 is 0 Å². The molecule has 0 saturated carbocycles. The van der Waals surface area contributed by atoms with Gasteiger partial charge in [0.1, 0.15) is 12.4 Å². The Hall–Kier alpha value is -3.92. The normalized spacial score (nSPS) is 12.3. The van der Waals surface area contributed by atoms with E-state index in [0.29, 0.717) is 35.2 Å². The number of nitrogens with zero attached hydrogens (tertiary/aromatic N) is 2. The number of ether oxygens (including phenoxy) is 3. The van der Waals surface area contributed by atoms with Crippen molar-refractivity contribution in [3.63, 3.8) is 0 Å². The molecule has 1 aliphatic rings. The van der Waals surface area contributed by atoms with E-state index in [-0.39, 0.29) is 18.4 Å². The molecule has 0 spiro atoms. The van der Waals surface area contributed by atoms with E-state index in [1.54, 1.807) is 34.7 Å². The lowest BCUT2D eigenvalue weighted by Gasteiger charge is -2.13.